The number of hydrogen-bond donors (Lipinski definition) is 0. The maximum absolute atomic E-state index is 5.08. The predicted octanol–water partition coefficient (Wildman–Crippen LogP) is 6.33. The lowest BCUT2D eigenvalue weighted by Gasteiger charge is -2.55. The van der Waals surface area contributed by atoms with Gasteiger partial charge in [0.15, 0.2) is 5.82 Å². The van der Waals surface area contributed by atoms with E-state index in [2.05, 4.69) is 38.7 Å². The number of nitrogens with zero attached hydrogens (tertiary/aromatic N) is 5. The van der Waals surface area contributed by atoms with Gasteiger partial charge in [-0.15, -0.1) is 0 Å². The summed E-state index contributed by atoms with van der Waals surface area (Å²) in [7, 11) is 0. The van der Waals surface area contributed by atoms with Gasteiger partial charge in [0.25, 0.3) is 0 Å². The number of aromatic nitrogens is 4. The van der Waals surface area contributed by atoms with Gasteiger partial charge in [0.2, 0.25) is 0 Å². The van der Waals surface area contributed by atoms with E-state index in [4.69, 9.17) is 9.97 Å². The molecule has 6 atom stereocenters. The zero-order chi connectivity index (χ0) is 22.6. The van der Waals surface area contributed by atoms with Crippen LogP contribution >= 0.6 is 0 Å². The van der Waals surface area contributed by atoms with Crippen LogP contribution in [0.1, 0.15) is 82.4 Å². The summed E-state index contributed by atoms with van der Waals surface area (Å²) in [6, 6.07) is 11.4. The fraction of sp³-hybridized carbons (Fsp3) is 0.621. The van der Waals surface area contributed by atoms with Crippen molar-refractivity contribution in [2.24, 2.45) is 11.8 Å². The van der Waals surface area contributed by atoms with Gasteiger partial charge in [0.05, 0.1) is 22.9 Å². The molecule has 2 aliphatic carbocycles. The first-order valence-corrected chi connectivity index (χ1v) is 13.8. The number of rotatable bonds is 3. The Hall–Kier alpha value is -2.27. The second-order valence-corrected chi connectivity index (χ2v) is 11.7. The number of aryl methyl sites for hydroxylation is 1. The summed E-state index contributed by atoms with van der Waals surface area (Å²) < 4.78 is 2.53. The lowest BCUT2D eigenvalue weighted by molar-refractivity contribution is -0.0480. The largest absolute Gasteiger partial charge is 0.319 e. The van der Waals surface area contributed by atoms with Crippen LogP contribution in [0.3, 0.4) is 0 Å². The van der Waals surface area contributed by atoms with E-state index in [1.807, 2.05) is 19.3 Å². The van der Waals surface area contributed by atoms with Crippen LogP contribution in [0.25, 0.3) is 22.6 Å². The first-order chi connectivity index (χ1) is 16.7. The molecule has 1 aromatic carbocycles. The Bertz CT molecular complexity index is 1140. The SMILES string of the molecule is Cc1cnc(-c2nc3ccccc3n2C2C[C@H]3CCC[C@@H](C2)N3C2C[C@H]3CCC[C@@H](C2)C3)cn1. The van der Waals surface area contributed by atoms with E-state index in [9.17, 15) is 0 Å². The van der Waals surface area contributed by atoms with Crippen molar-refractivity contribution in [3.8, 4) is 11.5 Å². The Labute approximate surface area is 203 Å². The van der Waals surface area contributed by atoms with Gasteiger partial charge in [0.1, 0.15) is 5.69 Å². The summed E-state index contributed by atoms with van der Waals surface area (Å²) in [4.78, 5) is 17.4. The van der Waals surface area contributed by atoms with Crippen LogP contribution in [0, 0.1) is 18.8 Å². The van der Waals surface area contributed by atoms with Crippen molar-refractivity contribution in [3.05, 3.63) is 42.4 Å². The molecule has 5 nitrogen and oxygen atoms in total. The van der Waals surface area contributed by atoms with Gasteiger partial charge in [-0.25, -0.2) is 9.97 Å². The van der Waals surface area contributed by atoms with Crippen LogP contribution in [0.15, 0.2) is 36.7 Å². The van der Waals surface area contributed by atoms with Crippen molar-refractivity contribution in [3.63, 3.8) is 0 Å². The standard InChI is InChI=1S/C29H37N5/c1-19-17-31-27(18-30-19)29-32-26-10-2-3-11-28(26)34(29)25-15-22-8-5-9-23(16-25)33(22)24-13-20-6-4-7-21(12-20)14-24/h2-3,10-11,17-18,20-25H,4-9,12-16H2,1H3/t20-,21+,22-,23+,24?,25?. The number of piperidine rings is 2. The summed E-state index contributed by atoms with van der Waals surface area (Å²) in [5, 5.41) is 0. The molecule has 2 aliphatic heterocycles. The highest BCUT2D eigenvalue weighted by Gasteiger charge is 2.45. The van der Waals surface area contributed by atoms with E-state index < -0.39 is 0 Å². The summed E-state index contributed by atoms with van der Waals surface area (Å²) in [5.41, 5.74) is 4.18. The van der Waals surface area contributed by atoms with E-state index in [0.29, 0.717) is 6.04 Å². The van der Waals surface area contributed by atoms with E-state index in [0.717, 1.165) is 52.7 Å². The molecule has 2 saturated heterocycles. The van der Waals surface area contributed by atoms with Gasteiger partial charge in [-0.3, -0.25) is 9.88 Å². The Morgan fingerprint density at radius 3 is 2.21 bits per heavy atom. The first-order valence-electron chi connectivity index (χ1n) is 13.8. The molecule has 4 fully saturated rings. The van der Waals surface area contributed by atoms with Crippen LogP contribution in [0.4, 0.5) is 0 Å². The number of fused-ring (bicyclic) bond motifs is 5. The number of hydrogen-bond acceptors (Lipinski definition) is 4. The Morgan fingerprint density at radius 2 is 1.47 bits per heavy atom. The molecule has 3 aromatic rings. The highest BCUT2D eigenvalue weighted by atomic mass is 15.3. The quantitative estimate of drug-likeness (QED) is 0.463. The highest BCUT2D eigenvalue weighted by Crippen LogP contribution is 2.48. The van der Waals surface area contributed by atoms with Crippen LogP contribution in [0.2, 0.25) is 0 Å². The van der Waals surface area contributed by atoms with Gasteiger partial charge in [-0.05, 0) is 75.8 Å². The summed E-state index contributed by atoms with van der Waals surface area (Å²) in [6.45, 7) is 2.00. The maximum Gasteiger partial charge on any atom is 0.161 e. The average molecular weight is 456 g/mol. The first kappa shape index (κ1) is 21.0. The number of imidazole rings is 1. The molecule has 0 radical (unpaired) electrons. The van der Waals surface area contributed by atoms with E-state index in [1.54, 1.807) is 0 Å². The highest BCUT2D eigenvalue weighted by molar-refractivity contribution is 5.80. The van der Waals surface area contributed by atoms with Gasteiger partial charge < -0.3 is 4.57 Å². The van der Waals surface area contributed by atoms with Gasteiger partial charge in [0, 0.05) is 30.4 Å². The van der Waals surface area contributed by atoms with Gasteiger partial charge >= 0.3 is 0 Å². The lowest BCUT2D eigenvalue weighted by atomic mass is 9.68. The molecule has 7 rings (SSSR count). The second-order valence-electron chi connectivity index (χ2n) is 11.7. The monoisotopic (exact) mass is 455 g/mol. The van der Waals surface area contributed by atoms with Crippen molar-refractivity contribution in [2.45, 2.75) is 102 Å². The molecule has 4 aliphatic rings. The average Bonchev–Trinajstić information content (AvgIpc) is 3.23. The molecule has 2 unspecified atom stereocenters. The van der Waals surface area contributed by atoms with Crippen LogP contribution < -0.4 is 0 Å². The number of para-hydroxylation sites is 2. The Kier molecular flexibility index (Phi) is 5.22. The molecular weight excluding hydrogens is 418 g/mol. The van der Waals surface area contributed by atoms with Crippen LogP contribution in [-0.4, -0.2) is 42.5 Å². The Morgan fingerprint density at radius 1 is 0.735 bits per heavy atom. The molecule has 34 heavy (non-hydrogen) atoms. The summed E-state index contributed by atoms with van der Waals surface area (Å²) >= 11 is 0. The third kappa shape index (κ3) is 3.59. The molecule has 4 heterocycles. The molecule has 0 spiro atoms. The minimum atomic E-state index is 0.486. The van der Waals surface area contributed by atoms with Crippen molar-refractivity contribution in [1.82, 2.24) is 24.4 Å². The van der Waals surface area contributed by atoms with Crippen LogP contribution in [0.5, 0.6) is 0 Å². The molecular formula is C29H37N5. The molecule has 2 aromatic heterocycles. The summed E-state index contributed by atoms with van der Waals surface area (Å²) in [5.74, 6) is 3.00. The topological polar surface area (TPSA) is 46.8 Å². The van der Waals surface area contributed by atoms with Crippen molar-refractivity contribution in [1.29, 1.82) is 0 Å². The minimum absolute atomic E-state index is 0.486. The minimum Gasteiger partial charge on any atom is -0.319 e. The zero-order valence-corrected chi connectivity index (χ0v) is 20.4. The number of benzene rings is 1. The maximum atomic E-state index is 5.08. The second kappa shape index (κ2) is 8.44. The molecule has 178 valence electrons. The van der Waals surface area contributed by atoms with Crippen molar-refractivity contribution < 1.29 is 0 Å². The van der Waals surface area contributed by atoms with E-state index in [1.165, 1.54) is 76.1 Å². The van der Waals surface area contributed by atoms with Gasteiger partial charge in [-0.2, -0.15) is 0 Å². The third-order valence-corrected chi connectivity index (χ3v) is 9.50. The van der Waals surface area contributed by atoms with Crippen molar-refractivity contribution >= 4 is 11.0 Å². The zero-order valence-electron chi connectivity index (χ0n) is 20.4. The smallest absolute Gasteiger partial charge is 0.161 e. The van der Waals surface area contributed by atoms with E-state index in [-0.39, 0.29) is 0 Å². The normalized spacial score (nSPS) is 33.8. The lowest BCUT2D eigenvalue weighted by Crippen LogP contribution is -2.58. The fourth-order valence-corrected chi connectivity index (χ4v) is 8.24. The molecule has 4 bridgehead atoms. The van der Waals surface area contributed by atoms with Crippen LogP contribution in [-0.2, 0) is 0 Å². The summed E-state index contributed by atoms with van der Waals surface area (Å²) in [6.07, 6.45) is 19.3. The third-order valence-electron chi connectivity index (χ3n) is 9.50. The molecule has 0 N–H and O–H groups in total. The van der Waals surface area contributed by atoms with Crippen molar-refractivity contribution in [2.75, 3.05) is 0 Å². The Balaban J connectivity index is 1.23. The molecule has 5 heteroatoms. The predicted molar refractivity (Wildman–Crippen MR) is 136 cm³/mol. The molecule has 0 amide bonds. The molecule has 2 saturated carbocycles. The van der Waals surface area contributed by atoms with E-state index >= 15 is 0 Å². The van der Waals surface area contributed by atoms with Gasteiger partial charge in [-0.1, -0.05) is 37.8 Å². The fourth-order valence-electron chi connectivity index (χ4n) is 8.24.